The van der Waals surface area contributed by atoms with Crippen LogP contribution in [0, 0.1) is 13.8 Å². The summed E-state index contributed by atoms with van der Waals surface area (Å²) in [6.07, 6.45) is 1.53. The maximum Gasteiger partial charge on any atom is 0.356 e. The lowest BCUT2D eigenvalue weighted by Gasteiger charge is -2.09. The Hall–Kier alpha value is -2.11. The van der Waals surface area contributed by atoms with E-state index in [0.717, 1.165) is 17.2 Å². The molecule has 0 atom stereocenters. The number of ether oxygens (including phenoxy) is 1. The number of methoxy groups -OCH3 is 1. The molecule has 0 radical (unpaired) electrons. The molecule has 0 unspecified atom stereocenters. The zero-order valence-electron chi connectivity index (χ0n) is 11.0. The van der Waals surface area contributed by atoms with Gasteiger partial charge in [-0.15, -0.1) is 0 Å². The Labute approximate surface area is 105 Å². The van der Waals surface area contributed by atoms with Crippen molar-refractivity contribution >= 4 is 5.97 Å². The van der Waals surface area contributed by atoms with E-state index in [1.54, 1.807) is 4.68 Å². The number of rotatable bonds is 3. The first-order chi connectivity index (χ1) is 8.52. The third-order valence-corrected chi connectivity index (χ3v) is 2.87. The Kier molecular flexibility index (Phi) is 3.18. The van der Waals surface area contributed by atoms with E-state index in [0.29, 0.717) is 12.2 Å². The van der Waals surface area contributed by atoms with E-state index in [9.17, 15) is 4.79 Å². The maximum absolute atomic E-state index is 11.6. The Morgan fingerprint density at radius 1 is 1.44 bits per heavy atom. The normalized spacial score (nSPS) is 10.7. The Balaban J connectivity index is 2.37. The highest BCUT2D eigenvalue weighted by molar-refractivity contribution is 5.87. The van der Waals surface area contributed by atoms with Crippen LogP contribution >= 0.6 is 0 Å². The molecule has 2 rings (SSSR count). The second-order valence-corrected chi connectivity index (χ2v) is 4.17. The van der Waals surface area contributed by atoms with Gasteiger partial charge in [0.2, 0.25) is 0 Å². The molecule has 96 valence electrons. The molecule has 6 heteroatoms. The molecule has 0 fully saturated rings. The molecular formula is C12H16N4O2. The fourth-order valence-corrected chi connectivity index (χ4v) is 1.91. The minimum atomic E-state index is -0.380. The van der Waals surface area contributed by atoms with Crippen LogP contribution in [0.15, 0.2) is 12.3 Å². The van der Waals surface area contributed by atoms with Crippen LogP contribution in [0.2, 0.25) is 0 Å². The number of aryl methyl sites for hydroxylation is 3. The summed E-state index contributed by atoms with van der Waals surface area (Å²) in [5.41, 5.74) is 2.41. The van der Waals surface area contributed by atoms with Crippen molar-refractivity contribution in [3.8, 4) is 0 Å². The molecule has 0 saturated carbocycles. The fourth-order valence-electron chi connectivity index (χ4n) is 1.91. The van der Waals surface area contributed by atoms with Gasteiger partial charge < -0.3 is 9.30 Å². The van der Waals surface area contributed by atoms with Gasteiger partial charge in [-0.25, -0.2) is 9.78 Å². The molecular weight excluding hydrogens is 232 g/mol. The minimum absolute atomic E-state index is 0.380. The lowest BCUT2D eigenvalue weighted by atomic mass is 10.3. The molecule has 0 spiro atoms. The summed E-state index contributed by atoms with van der Waals surface area (Å²) in [6, 6.07) is 1.99. The summed E-state index contributed by atoms with van der Waals surface area (Å²) >= 11 is 0. The molecule has 0 saturated heterocycles. The number of esters is 1. The third kappa shape index (κ3) is 2.13. The van der Waals surface area contributed by atoms with Crippen LogP contribution < -0.4 is 0 Å². The van der Waals surface area contributed by atoms with Crippen molar-refractivity contribution in [3.63, 3.8) is 0 Å². The maximum atomic E-state index is 11.6. The molecule has 0 aliphatic heterocycles. The summed E-state index contributed by atoms with van der Waals surface area (Å²) in [4.78, 5) is 15.8. The van der Waals surface area contributed by atoms with E-state index in [-0.39, 0.29) is 5.97 Å². The van der Waals surface area contributed by atoms with Crippen molar-refractivity contribution in [3.05, 3.63) is 35.2 Å². The van der Waals surface area contributed by atoms with Gasteiger partial charge >= 0.3 is 5.97 Å². The minimum Gasteiger partial charge on any atom is -0.464 e. The van der Waals surface area contributed by atoms with Crippen LogP contribution in [-0.2, 0) is 18.3 Å². The van der Waals surface area contributed by atoms with E-state index in [1.807, 2.05) is 31.5 Å². The van der Waals surface area contributed by atoms with Crippen molar-refractivity contribution in [2.24, 2.45) is 7.05 Å². The number of hydrogen-bond acceptors (Lipinski definition) is 4. The molecule has 18 heavy (non-hydrogen) atoms. The second-order valence-electron chi connectivity index (χ2n) is 4.17. The Bertz CT molecular complexity index is 583. The number of nitrogens with zero attached hydrogens (tertiary/aromatic N) is 4. The molecule has 0 aromatic carbocycles. The van der Waals surface area contributed by atoms with Gasteiger partial charge in [-0.05, 0) is 19.9 Å². The van der Waals surface area contributed by atoms with Crippen LogP contribution in [0.4, 0.5) is 0 Å². The molecule has 0 bridgehead atoms. The van der Waals surface area contributed by atoms with Crippen LogP contribution in [0.1, 0.15) is 27.7 Å². The summed E-state index contributed by atoms with van der Waals surface area (Å²) < 4.78 is 8.36. The number of imidazole rings is 1. The number of aromatic nitrogens is 4. The molecule has 0 amide bonds. The highest BCUT2D eigenvalue weighted by Gasteiger charge is 2.16. The van der Waals surface area contributed by atoms with Crippen LogP contribution in [0.5, 0.6) is 0 Å². The zero-order chi connectivity index (χ0) is 13.3. The molecule has 2 heterocycles. The average Bonchev–Trinajstić information content (AvgIpc) is 2.83. The Morgan fingerprint density at radius 3 is 2.72 bits per heavy atom. The molecule has 0 aliphatic rings. The molecule has 0 N–H and O–H groups in total. The predicted molar refractivity (Wildman–Crippen MR) is 65.4 cm³/mol. The number of carbonyl (C=O) groups is 1. The quantitative estimate of drug-likeness (QED) is 0.762. The van der Waals surface area contributed by atoms with Crippen LogP contribution in [0.3, 0.4) is 0 Å². The largest absolute Gasteiger partial charge is 0.464 e. The highest BCUT2D eigenvalue weighted by atomic mass is 16.5. The lowest BCUT2D eigenvalue weighted by molar-refractivity contribution is 0.0588. The van der Waals surface area contributed by atoms with E-state index < -0.39 is 0 Å². The van der Waals surface area contributed by atoms with Crippen molar-refractivity contribution in [1.82, 2.24) is 19.3 Å². The van der Waals surface area contributed by atoms with Crippen molar-refractivity contribution in [2.75, 3.05) is 7.11 Å². The predicted octanol–water partition coefficient (Wildman–Crippen LogP) is 1.07. The van der Waals surface area contributed by atoms with Gasteiger partial charge in [0.15, 0.2) is 0 Å². The van der Waals surface area contributed by atoms with Crippen LogP contribution in [0.25, 0.3) is 0 Å². The van der Waals surface area contributed by atoms with Gasteiger partial charge in [0.05, 0.1) is 31.2 Å². The summed E-state index contributed by atoms with van der Waals surface area (Å²) in [7, 11) is 3.25. The zero-order valence-corrected chi connectivity index (χ0v) is 11.0. The fraction of sp³-hybridized carbons (Fsp3) is 0.417. The van der Waals surface area contributed by atoms with E-state index >= 15 is 0 Å². The van der Waals surface area contributed by atoms with Gasteiger partial charge in [0, 0.05) is 7.05 Å². The standard InChI is InChI=1S/C12H16N4O2/c1-8-5-10(15(3)14-8)7-16-9(2)13-6-11(16)12(17)18-4/h5-6H,7H2,1-4H3. The van der Waals surface area contributed by atoms with Gasteiger partial charge in [-0.2, -0.15) is 5.10 Å². The first-order valence-corrected chi connectivity index (χ1v) is 5.63. The lowest BCUT2D eigenvalue weighted by Crippen LogP contribution is -2.14. The second kappa shape index (κ2) is 4.64. The van der Waals surface area contributed by atoms with E-state index in [4.69, 9.17) is 4.74 Å². The van der Waals surface area contributed by atoms with Crippen LogP contribution in [-0.4, -0.2) is 32.4 Å². The van der Waals surface area contributed by atoms with Gasteiger partial charge in [-0.3, -0.25) is 4.68 Å². The first-order valence-electron chi connectivity index (χ1n) is 5.63. The molecule has 6 nitrogen and oxygen atoms in total. The van der Waals surface area contributed by atoms with Gasteiger partial charge in [0.1, 0.15) is 11.5 Å². The summed E-state index contributed by atoms with van der Waals surface area (Å²) in [5, 5.41) is 4.28. The highest BCUT2D eigenvalue weighted by Crippen LogP contribution is 2.11. The Morgan fingerprint density at radius 2 is 2.17 bits per heavy atom. The van der Waals surface area contributed by atoms with E-state index in [2.05, 4.69) is 10.1 Å². The van der Waals surface area contributed by atoms with Crippen molar-refractivity contribution < 1.29 is 9.53 Å². The van der Waals surface area contributed by atoms with Crippen molar-refractivity contribution in [2.45, 2.75) is 20.4 Å². The average molecular weight is 248 g/mol. The number of hydrogen-bond donors (Lipinski definition) is 0. The topological polar surface area (TPSA) is 61.9 Å². The third-order valence-electron chi connectivity index (χ3n) is 2.87. The van der Waals surface area contributed by atoms with E-state index in [1.165, 1.54) is 13.3 Å². The first kappa shape index (κ1) is 12.3. The molecule has 2 aromatic heterocycles. The number of carbonyl (C=O) groups excluding carboxylic acids is 1. The molecule has 0 aliphatic carbocycles. The van der Waals surface area contributed by atoms with Crippen molar-refractivity contribution in [1.29, 1.82) is 0 Å². The SMILES string of the molecule is COC(=O)c1cnc(C)n1Cc1cc(C)nn1C. The smallest absolute Gasteiger partial charge is 0.356 e. The molecule has 2 aromatic rings. The monoisotopic (exact) mass is 248 g/mol. The van der Waals surface area contributed by atoms with Gasteiger partial charge in [-0.1, -0.05) is 0 Å². The van der Waals surface area contributed by atoms with Gasteiger partial charge in [0.25, 0.3) is 0 Å². The summed E-state index contributed by atoms with van der Waals surface area (Å²) in [5.74, 6) is 0.392. The summed E-state index contributed by atoms with van der Waals surface area (Å²) in [6.45, 7) is 4.34.